The Balaban J connectivity index is 2.44. The molecule has 0 aliphatic carbocycles. The summed E-state index contributed by atoms with van der Waals surface area (Å²) in [7, 11) is -4.74. The highest BCUT2D eigenvalue weighted by Gasteiger charge is 2.30. The maximum atomic E-state index is 13.8. The molecule has 0 unspecified atom stereocenters. The van der Waals surface area contributed by atoms with Crippen molar-refractivity contribution in [3.63, 3.8) is 0 Å². The largest absolute Gasteiger partial charge is 0.259 e. The molecule has 1 aromatic rings. The van der Waals surface area contributed by atoms with Crippen LogP contribution in [-0.4, -0.2) is 41.5 Å². The normalized spacial score (nSPS) is 18.4. The predicted octanol–water partition coefficient (Wildman–Crippen LogP) is 1.63. The van der Waals surface area contributed by atoms with Gasteiger partial charge >= 0.3 is 0 Å². The molecule has 112 valence electrons. The summed E-state index contributed by atoms with van der Waals surface area (Å²) < 4.78 is 51.5. The second kappa shape index (κ2) is 6.09. The van der Waals surface area contributed by atoms with Gasteiger partial charge in [-0.2, -0.15) is 4.31 Å². The summed E-state index contributed by atoms with van der Waals surface area (Å²) in [4.78, 5) is -0.0548. The highest BCUT2D eigenvalue weighted by Crippen LogP contribution is 2.25. The van der Waals surface area contributed by atoms with Gasteiger partial charge in [-0.1, -0.05) is 0 Å². The van der Waals surface area contributed by atoms with E-state index in [-0.39, 0.29) is 29.4 Å². The smallest absolute Gasteiger partial charge is 0.243 e. The number of benzene rings is 1. The Bertz CT molecular complexity index is 638. The van der Waals surface area contributed by atoms with Crippen molar-refractivity contribution < 1.29 is 17.0 Å². The molecule has 1 fully saturated rings. The Morgan fingerprint density at radius 2 is 1.95 bits per heavy atom. The minimum Gasteiger partial charge on any atom is -0.259 e. The van der Waals surface area contributed by atoms with Crippen molar-refractivity contribution in [3.8, 4) is 0 Å². The van der Waals surface area contributed by atoms with Crippen LogP contribution >= 0.6 is 11.6 Å². The standard InChI is InChI=1S/C12H15ClFNO3S2/c1-9-11(14)6-10(8-13)7-12(9)20(17,18)15-2-4-19(16)5-3-15/h6-7H,2-5,8H2,1H3. The summed E-state index contributed by atoms with van der Waals surface area (Å²) in [6.07, 6.45) is 0. The molecule has 1 aromatic carbocycles. The molecule has 0 amide bonds. The van der Waals surface area contributed by atoms with E-state index in [1.54, 1.807) is 0 Å². The quantitative estimate of drug-likeness (QED) is 0.786. The van der Waals surface area contributed by atoms with Gasteiger partial charge in [-0.3, -0.25) is 4.21 Å². The second-order valence-electron chi connectivity index (χ2n) is 4.59. The first kappa shape index (κ1) is 15.9. The monoisotopic (exact) mass is 339 g/mol. The predicted molar refractivity (Wildman–Crippen MR) is 77.3 cm³/mol. The summed E-state index contributed by atoms with van der Waals surface area (Å²) in [6.45, 7) is 1.82. The molecule has 0 atom stereocenters. The van der Waals surface area contributed by atoms with Gasteiger partial charge in [0.05, 0.1) is 4.90 Å². The average molecular weight is 340 g/mol. The fourth-order valence-electron chi connectivity index (χ4n) is 2.05. The Hall–Kier alpha value is -0.500. The van der Waals surface area contributed by atoms with Crippen LogP contribution in [0.25, 0.3) is 0 Å². The minimum absolute atomic E-state index is 0.0454. The molecule has 1 aliphatic rings. The van der Waals surface area contributed by atoms with Crippen LogP contribution in [0.1, 0.15) is 11.1 Å². The van der Waals surface area contributed by atoms with Gasteiger partial charge in [0, 0.05) is 46.8 Å². The summed E-state index contributed by atoms with van der Waals surface area (Å²) >= 11 is 5.66. The molecular formula is C12H15ClFNO3S2. The summed E-state index contributed by atoms with van der Waals surface area (Å²) in [5, 5.41) is 0. The summed E-state index contributed by atoms with van der Waals surface area (Å²) in [6, 6.07) is 2.65. The molecule has 1 saturated heterocycles. The average Bonchev–Trinajstić information content (AvgIpc) is 2.42. The fourth-order valence-corrected chi connectivity index (χ4v) is 5.22. The van der Waals surface area contributed by atoms with Gasteiger partial charge < -0.3 is 0 Å². The van der Waals surface area contributed by atoms with Gasteiger partial charge in [-0.15, -0.1) is 11.6 Å². The first-order valence-electron chi connectivity index (χ1n) is 6.06. The van der Waals surface area contributed by atoms with E-state index in [1.807, 2.05) is 0 Å². The zero-order valence-electron chi connectivity index (χ0n) is 10.9. The number of alkyl halides is 1. The third-order valence-electron chi connectivity index (χ3n) is 3.27. The van der Waals surface area contributed by atoms with Crippen LogP contribution in [-0.2, 0) is 26.7 Å². The molecule has 1 heterocycles. The third kappa shape index (κ3) is 3.05. The lowest BCUT2D eigenvalue weighted by atomic mass is 10.1. The molecule has 0 bridgehead atoms. The highest BCUT2D eigenvalue weighted by atomic mass is 35.5. The van der Waals surface area contributed by atoms with E-state index in [2.05, 4.69) is 0 Å². The first-order valence-corrected chi connectivity index (χ1v) is 9.52. The molecular weight excluding hydrogens is 325 g/mol. The Morgan fingerprint density at radius 1 is 1.35 bits per heavy atom. The van der Waals surface area contributed by atoms with Crippen LogP contribution in [0, 0.1) is 12.7 Å². The van der Waals surface area contributed by atoms with Crippen molar-refractivity contribution in [1.29, 1.82) is 0 Å². The van der Waals surface area contributed by atoms with Crippen molar-refractivity contribution in [2.45, 2.75) is 17.7 Å². The zero-order valence-corrected chi connectivity index (χ0v) is 13.3. The Labute approximate surface area is 125 Å². The van der Waals surface area contributed by atoms with Gasteiger partial charge in [0.25, 0.3) is 0 Å². The van der Waals surface area contributed by atoms with Gasteiger partial charge in [0.2, 0.25) is 10.0 Å². The second-order valence-corrected chi connectivity index (χ2v) is 8.46. The van der Waals surface area contributed by atoms with Gasteiger partial charge in [-0.05, 0) is 24.6 Å². The lowest BCUT2D eigenvalue weighted by Gasteiger charge is -2.26. The molecule has 2 rings (SSSR count). The van der Waals surface area contributed by atoms with Crippen LogP contribution < -0.4 is 0 Å². The highest BCUT2D eigenvalue weighted by molar-refractivity contribution is 7.89. The van der Waals surface area contributed by atoms with Crippen LogP contribution in [0.4, 0.5) is 4.39 Å². The van der Waals surface area contributed by atoms with Crippen molar-refractivity contribution in [1.82, 2.24) is 4.31 Å². The minimum atomic E-state index is -3.77. The van der Waals surface area contributed by atoms with Crippen molar-refractivity contribution in [3.05, 3.63) is 29.1 Å². The van der Waals surface area contributed by atoms with E-state index in [0.717, 1.165) is 0 Å². The van der Waals surface area contributed by atoms with Gasteiger partial charge in [-0.25, -0.2) is 12.8 Å². The van der Waals surface area contributed by atoms with Gasteiger partial charge in [0.15, 0.2) is 0 Å². The van der Waals surface area contributed by atoms with E-state index >= 15 is 0 Å². The Morgan fingerprint density at radius 3 is 2.50 bits per heavy atom. The third-order valence-corrected chi connectivity index (χ3v) is 6.87. The number of nitrogens with zero attached hydrogens (tertiary/aromatic N) is 1. The number of sulfonamides is 1. The van der Waals surface area contributed by atoms with Crippen LogP contribution in [0.15, 0.2) is 17.0 Å². The molecule has 0 saturated carbocycles. The number of rotatable bonds is 3. The first-order chi connectivity index (χ1) is 9.36. The fraction of sp³-hybridized carbons (Fsp3) is 0.500. The van der Waals surface area contributed by atoms with E-state index < -0.39 is 26.6 Å². The van der Waals surface area contributed by atoms with Crippen molar-refractivity contribution >= 4 is 32.4 Å². The lowest BCUT2D eigenvalue weighted by Crippen LogP contribution is -2.42. The molecule has 0 spiro atoms. The maximum absolute atomic E-state index is 13.8. The Kier molecular flexibility index (Phi) is 4.84. The van der Waals surface area contributed by atoms with E-state index in [9.17, 15) is 17.0 Å². The topological polar surface area (TPSA) is 54.5 Å². The van der Waals surface area contributed by atoms with Crippen LogP contribution in [0.2, 0.25) is 0 Å². The SMILES string of the molecule is Cc1c(F)cc(CCl)cc1S(=O)(=O)N1CCS(=O)CC1. The van der Waals surface area contributed by atoms with Crippen molar-refractivity contribution in [2.24, 2.45) is 0 Å². The summed E-state index contributed by atoms with van der Waals surface area (Å²) in [5.41, 5.74) is 0.513. The van der Waals surface area contributed by atoms with Crippen LogP contribution in [0.3, 0.4) is 0 Å². The molecule has 0 radical (unpaired) electrons. The van der Waals surface area contributed by atoms with Crippen LogP contribution in [0.5, 0.6) is 0 Å². The molecule has 8 heteroatoms. The molecule has 4 nitrogen and oxygen atoms in total. The molecule has 0 aromatic heterocycles. The number of hydrogen-bond acceptors (Lipinski definition) is 3. The van der Waals surface area contributed by atoms with E-state index in [0.29, 0.717) is 17.1 Å². The van der Waals surface area contributed by atoms with Crippen molar-refractivity contribution in [2.75, 3.05) is 24.6 Å². The lowest BCUT2D eigenvalue weighted by molar-refractivity contribution is 0.437. The molecule has 1 aliphatic heterocycles. The maximum Gasteiger partial charge on any atom is 0.243 e. The molecule has 20 heavy (non-hydrogen) atoms. The number of hydrogen-bond donors (Lipinski definition) is 0. The van der Waals surface area contributed by atoms with E-state index in [1.165, 1.54) is 23.4 Å². The zero-order chi connectivity index (χ0) is 14.9. The van der Waals surface area contributed by atoms with E-state index in [4.69, 9.17) is 11.6 Å². The molecule has 0 N–H and O–H groups in total. The number of halogens is 2. The summed E-state index contributed by atoms with van der Waals surface area (Å²) in [5.74, 6) is 0.0950. The van der Waals surface area contributed by atoms with Gasteiger partial charge in [0.1, 0.15) is 5.82 Å².